The molecule has 0 bridgehead atoms. The molecule has 12 heteroatoms. The summed E-state index contributed by atoms with van der Waals surface area (Å²) in [6, 6.07) is 1.07. The largest absolute Gasteiger partial charge is 0.470 e. The number of rotatable bonds is 2. The molecule has 0 spiro atoms. The zero-order valence-electron chi connectivity index (χ0n) is 19.2. The van der Waals surface area contributed by atoms with Crippen molar-refractivity contribution in [1.29, 1.82) is 0 Å². The third-order valence-corrected chi connectivity index (χ3v) is 6.15. The van der Waals surface area contributed by atoms with Gasteiger partial charge in [-0.1, -0.05) is 52.4 Å². The van der Waals surface area contributed by atoms with Crippen molar-refractivity contribution in [1.82, 2.24) is 0 Å². The Bertz CT molecular complexity index is 481. The summed E-state index contributed by atoms with van der Waals surface area (Å²) >= 11 is 0. The number of phosphoric ester groups is 1. The lowest BCUT2D eigenvalue weighted by atomic mass is 9.85. The molecule has 0 aromatic heterocycles. The Kier molecular flexibility index (Phi) is 16.4. The molecule has 0 radical (unpaired) electrons. The monoisotopic (exact) mass is 488 g/mol. The van der Waals surface area contributed by atoms with Gasteiger partial charge in [0, 0.05) is 12.1 Å². The predicted octanol–water partition coefficient (Wildman–Crippen LogP) is -0.136. The Morgan fingerprint density at radius 3 is 1.12 bits per heavy atom. The molecule has 32 heavy (non-hydrogen) atoms. The number of hydrogen-bond donors (Lipinski definition) is 9. The van der Waals surface area contributed by atoms with Crippen LogP contribution < -0.4 is 11.5 Å². The van der Waals surface area contributed by atoms with Crippen molar-refractivity contribution in [2.75, 3.05) is 0 Å². The molecular formula is C20H45N2O9P. The van der Waals surface area contributed by atoms with Gasteiger partial charge in [-0.15, -0.1) is 0 Å². The van der Waals surface area contributed by atoms with Gasteiger partial charge in [-0.25, -0.2) is 4.57 Å². The van der Waals surface area contributed by atoms with Crippen LogP contribution in [0, 0.1) is 0 Å². The maximum absolute atomic E-state index is 10.5. The lowest BCUT2D eigenvalue weighted by Crippen LogP contribution is -2.64. The van der Waals surface area contributed by atoms with Crippen LogP contribution in [0.1, 0.15) is 78.1 Å². The van der Waals surface area contributed by atoms with Gasteiger partial charge in [-0.2, -0.15) is 0 Å². The van der Waals surface area contributed by atoms with Crippen LogP contribution in [-0.2, 0) is 9.09 Å². The van der Waals surface area contributed by atoms with Gasteiger partial charge < -0.3 is 46.8 Å². The van der Waals surface area contributed by atoms with Gasteiger partial charge >= 0.3 is 7.82 Å². The maximum atomic E-state index is 10.5. The van der Waals surface area contributed by atoms with Crippen molar-refractivity contribution in [3.8, 4) is 0 Å². The Morgan fingerprint density at radius 2 is 0.906 bits per heavy atom. The standard InChI is InChI=1S/2C6H13N.C6H13O9P.C2H6/c2*7-6-4-2-1-3-5-6;7-1-2(8)4(10)6(5(11)3(1)9)15-16(12,13)14;1-2/h2*6H,1-5,7H2;1-11H,(H2,12,13,14);1-2H3/t;;1?,2-,3+,4+,5-,6?;. The molecule has 0 saturated heterocycles. The summed E-state index contributed by atoms with van der Waals surface area (Å²) in [5, 5.41) is 46.1. The van der Waals surface area contributed by atoms with E-state index in [0.717, 1.165) is 0 Å². The number of phosphoric acid groups is 1. The SMILES string of the molecule is CC.NC1CCCCC1.NC1CCCCC1.O=P(O)(O)OC1[C@@H](O)[C@H](O)C(O)[C@H](O)[C@H]1O. The van der Waals surface area contributed by atoms with Gasteiger partial charge in [0.1, 0.15) is 36.6 Å². The molecule has 3 aliphatic carbocycles. The Labute approximate surface area is 191 Å². The van der Waals surface area contributed by atoms with Gasteiger partial charge in [0.2, 0.25) is 0 Å². The lowest BCUT2D eigenvalue weighted by Gasteiger charge is -2.41. The highest BCUT2D eigenvalue weighted by Crippen LogP contribution is 2.41. The van der Waals surface area contributed by atoms with E-state index in [4.69, 9.17) is 26.4 Å². The summed E-state index contributed by atoms with van der Waals surface area (Å²) in [7, 11) is -5.01. The van der Waals surface area contributed by atoms with Crippen LogP contribution in [0.25, 0.3) is 0 Å². The van der Waals surface area contributed by atoms with Crippen LogP contribution in [0.5, 0.6) is 0 Å². The van der Waals surface area contributed by atoms with Crippen molar-refractivity contribution in [3.05, 3.63) is 0 Å². The molecule has 0 aromatic rings. The van der Waals surface area contributed by atoms with Crippen LogP contribution in [0.2, 0.25) is 0 Å². The van der Waals surface area contributed by atoms with E-state index in [2.05, 4.69) is 4.52 Å². The number of aliphatic hydroxyl groups excluding tert-OH is 5. The summed E-state index contributed by atoms with van der Waals surface area (Å²) in [6.45, 7) is 4.00. The zero-order valence-corrected chi connectivity index (χ0v) is 20.1. The summed E-state index contributed by atoms with van der Waals surface area (Å²) in [5.41, 5.74) is 11.3. The molecule has 3 fully saturated rings. The number of nitrogens with two attached hydrogens (primary N) is 2. The third-order valence-electron chi connectivity index (χ3n) is 5.63. The second kappa shape index (κ2) is 16.5. The molecule has 3 rings (SSSR count). The van der Waals surface area contributed by atoms with Crippen LogP contribution in [0.3, 0.4) is 0 Å². The molecule has 2 unspecified atom stereocenters. The highest BCUT2D eigenvalue weighted by atomic mass is 31.2. The summed E-state index contributed by atoms with van der Waals surface area (Å²) < 4.78 is 14.5. The first-order valence-corrected chi connectivity index (χ1v) is 13.1. The Morgan fingerprint density at radius 1 is 0.625 bits per heavy atom. The molecule has 11 N–H and O–H groups in total. The number of aliphatic hydroxyl groups is 5. The van der Waals surface area contributed by atoms with E-state index in [9.17, 15) is 25.0 Å². The van der Waals surface area contributed by atoms with Gasteiger partial charge in [-0.3, -0.25) is 4.52 Å². The highest BCUT2D eigenvalue weighted by Gasteiger charge is 2.50. The van der Waals surface area contributed by atoms with E-state index in [1.165, 1.54) is 64.2 Å². The maximum Gasteiger partial charge on any atom is 0.470 e. The minimum absolute atomic E-state index is 0.536. The van der Waals surface area contributed by atoms with Crippen LogP contribution in [0.15, 0.2) is 0 Å². The zero-order chi connectivity index (χ0) is 24.9. The van der Waals surface area contributed by atoms with Crippen LogP contribution in [0.4, 0.5) is 0 Å². The van der Waals surface area contributed by atoms with E-state index >= 15 is 0 Å². The first-order chi connectivity index (χ1) is 14.9. The second-order valence-corrected chi connectivity index (χ2v) is 9.50. The van der Waals surface area contributed by atoms with Crippen LogP contribution in [-0.4, -0.2) is 84.0 Å². The average molecular weight is 489 g/mol. The summed E-state index contributed by atoms with van der Waals surface area (Å²) in [6.07, 6.45) is 1.98. The van der Waals surface area contributed by atoms with Crippen molar-refractivity contribution in [2.24, 2.45) is 11.5 Å². The van der Waals surface area contributed by atoms with Crippen molar-refractivity contribution >= 4 is 7.82 Å². The fraction of sp³-hybridized carbons (Fsp3) is 1.00. The topological polar surface area (TPSA) is 220 Å². The van der Waals surface area contributed by atoms with E-state index in [1.807, 2.05) is 13.8 Å². The van der Waals surface area contributed by atoms with Crippen molar-refractivity contribution < 1.29 is 44.4 Å². The summed E-state index contributed by atoms with van der Waals surface area (Å²) in [4.78, 5) is 17.0. The fourth-order valence-corrected chi connectivity index (χ4v) is 4.31. The second-order valence-electron chi connectivity index (χ2n) is 8.31. The average Bonchev–Trinajstić information content (AvgIpc) is 2.77. The minimum Gasteiger partial charge on any atom is -0.387 e. The smallest absolute Gasteiger partial charge is 0.387 e. The molecule has 0 amide bonds. The van der Waals surface area contributed by atoms with Gasteiger partial charge in [-0.05, 0) is 25.7 Å². The molecule has 0 aromatic carbocycles. The quantitative estimate of drug-likeness (QED) is 0.233. The van der Waals surface area contributed by atoms with Crippen molar-refractivity contribution in [3.63, 3.8) is 0 Å². The van der Waals surface area contributed by atoms with Gasteiger partial charge in [0.25, 0.3) is 0 Å². The molecule has 194 valence electrons. The summed E-state index contributed by atoms with van der Waals surface area (Å²) in [5.74, 6) is 0. The molecule has 11 nitrogen and oxygen atoms in total. The minimum atomic E-state index is -5.01. The van der Waals surface area contributed by atoms with Gasteiger partial charge in [0.05, 0.1) is 0 Å². The molecule has 0 heterocycles. The lowest BCUT2D eigenvalue weighted by molar-refractivity contribution is -0.219. The van der Waals surface area contributed by atoms with E-state index in [1.54, 1.807) is 0 Å². The first kappa shape index (κ1) is 31.8. The van der Waals surface area contributed by atoms with E-state index in [-0.39, 0.29) is 0 Å². The van der Waals surface area contributed by atoms with E-state index in [0.29, 0.717) is 12.1 Å². The molecule has 6 atom stereocenters. The Hall–Kier alpha value is -0.170. The number of hydrogen-bond acceptors (Lipinski definition) is 9. The fourth-order valence-electron chi connectivity index (χ4n) is 3.75. The third kappa shape index (κ3) is 12.3. The molecular weight excluding hydrogens is 443 g/mol. The molecule has 3 saturated carbocycles. The van der Waals surface area contributed by atoms with Crippen LogP contribution >= 0.6 is 7.82 Å². The molecule has 3 aliphatic rings. The first-order valence-electron chi connectivity index (χ1n) is 11.6. The molecule has 0 aliphatic heterocycles. The van der Waals surface area contributed by atoms with E-state index < -0.39 is 44.4 Å². The van der Waals surface area contributed by atoms with Gasteiger partial charge in [0.15, 0.2) is 0 Å². The normalized spacial score (nSPS) is 34.1. The predicted molar refractivity (Wildman–Crippen MR) is 120 cm³/mol. The highest BCUT2D eigenvalue weighted by molar-refractivity contribution is 7.46. The van der Waals surface area contributed by atoms with Crippen molar-refractivity contribution in [2.45, 2.75) is 127 Å². The Balaban J connectivity index is 0.000000494.